The predicted octanol–water partition coefficient (Wildman–Crippen LogP) is 2.31. The number of ether oxygens (including phenoxy) is 1. The Bertz CT molecular complexity index is 277. The maximum atomic E-state index is 5.34. The fraction of sp³-hybridized carbons (Fsp3) is 0.455. The molecule has 0 aromatic carbocycles. The van der Waals surface area contributed by atoms with E-state index < -0.39 is 0 Å². The van der Waals surface area contributed by atoms with Crippen molar-refractivity contribution in [1.29, 1.82) is 0 Å². The normalized spacial score (nSPS) is 20.6. The zero-order valence-electron chi connectivity index (χ0n) is 8.19. The van der Waals surface area contributed by atoms with Crippen LogP contribution in [0.4, 0.5) is 0 Å². The van der Waals surface area contributed by atoms with Crippen LogP contribution in [0.25, 0.3) is 0 Å². The third-order valence-electron chi connectivity index (χ3n) is 2.50. The van der Waals surface area contributed by atoms with E-state index in [-0.39, 0.29) is 0 Å². The van der Waals surface area contributed by atoms with E-state index in [9.17, 15) is 0 Å². The maximum absolute atomic E-state index is 5.34. The minimum atomic E-state index is 0.374. The summed E-state index contributed by atoms with van der Waals surface area (Å²) in [5.74, 6) is 0. The van der Waals surface area contributed by atoms with Gasteiger partial charge in [0.15, 0.2) is 0 Å². The van der Waals surface area contributed by atoms with Crippen LogP contribution in [-0.2, 0) is 4.74 Å². The van der Waals surface area contributed by atoms with Crippen molar-refractivity contribution in [3.8, 4) is 0 Å². The number of morpholine rings is 1. The van der Waals surface area contributed by atoms with Crippen LogP contribution in [0, 0.1) is 0 Å². The van der Waals surface area contributed by atoms with E-state index in [1.807, 2.05) is 6.08 Å². The second-order valence-corrected chi connectivity index (χ2v) is 4.32. The average molecular weight is 209 g/mol. The highest BCUT2D eigenvalue weighted by Gasteiger charge is 2.20. The van der Waals surface area contributed by atoms with Crippen molar-refractivity contribution in [2.45, 2.75) is 6.04 Å². The summed E-state index contributed by atoms with van der Waals surface area (Å²) in [4.78, 5) is 3.80. The summed E-state index contributed by atoms with van der Waals surface area (Å²) in [6.07, 6.45) is 2.02. The molecule has 0 saturated carbocycles. The molecule has 0 amide bonds. The Balaban J connectivity index is 2.08. The second kappa shape index (κ2) is 4.73. The van der Waals surface area contributed by atoms with Crippen LogP contribution in [0.3, 0.4) is 0 Å². The van der Waals surface area contributed by atoms with E-state index in [2.05, 4.69) is 29.0 Å². The van der Waals surface area contributed by atoms with Gasteiger partial charge in [-0.05, 0) is 11.4 Å². The number of nitrogens with zero attached hydrogens (tertiary/aromatic N) is 1. The van der Waals surface area contributed by atoms with Gasteiger partial charge in [-0.2, -0.15) is 0 Å². The molecule has 0 bridgehead atoms. The molecule has 2 nitrogen and oxygen atoms in total. The molecule has 1 saturated heterocycles. The summed E-state index contributed by atoms with van der Waals surface area (Å²) in [5.41, 5.74) is 0. The molecule has 1 aliphatic heterocycles. The minimum Gasteiger partial charge on any atom is -0.379 e. The van der Waals surface area contributed by atoms with Gasteiger partial charge in [-0.25, -0.2) is 0 Å². The molecule has 0 unspecified atom stereocenters. The molecule has 0 spiro atoms. The van der Waals surface area contributed by atoms with Gasteiger partial charge in [0.2, 0.25) is 0 Å². The van der Waals surface area contributed by atoms with E-state index in [0.717, 1.165) is 26.3 Å². The van der Waals surface area contributed by atoms with Crippen molar-refractivity contribution in [2.75, 3.05) is 26.3 Å². The summed E-state index contributed by atoms with van der Waals surface area (Å²) in [7, 11) is 0. The fourth-order valence-electron chi connectivity index (χ4n) is 1.76. The Hall–Kier alpha value is -0.640. The van der Waals surface area contributed by atoms with E-state index >= 15 is 0 Å². The monoisotopic (exact) mass is 209 g/mol. The second-order valence-electron chi connectivity index (χ2n) is 3.34. The van der Waals surface area contributed by atoms with Crippen LogP contribution in [0.5, 0.6) is 0 Å². The average Bonchev–Trinajstić information content (AvgIpc) is 2.74. The third kappa shape index (κ3) is 2.05. The van der Waals surface area contributed by atoms with Crippen molar-refractivity contribution in [3.05, 3.63) is 35.0 Å². The highest BCUT2D eigenvalue weighted by molar-refractivity contribution is 7.10. The van der Waals surface area contributed by atoms with Crippen molar-refractivity contribution in [1.82, 2.24) is 4.90 Å². The molecule has 14 heavy (non-hydrogen) atoms. The minimum absolute atomic E-state index is 0.374. The topological polar surface area (TPSA) is 12.5 Å². The Morgan fingerprint density at radius 1 is 1.50 bits per heavy atom. The summed E-state index contributed by atoms with van der Waals surface area (Å²) in [6.45, 7) is 7.62. The Labute approximate surface area is 88.8 Å². The van der Waals surface area contributed by atoms with Gasteiger partial charge < -0.3 is 4.74 Å². The van der Waals surface area contributed by atoms with Crippen LogP contribution in [0.1, 0.15) is 10.9 Å². The SMILES string of the molecule is C=C[C@H](c1cccs1)N1CCOCC1. The number of rotatable bonds is 3. The van der Waals surface area contributed by atoms with Gasteiger partial charge in [0, 0.05) is 18.0 Å². The first-order valence-corrected chi connectivity index (χ1v) is 5.77. The molecule has 2 rings (SSSR count). The molecule has 1 aromatic rings. The van der Waals surface area contributed by atoms with E-state index in [1.54, 1.807) is 11.3 Å². The summed E-state index contributed by atoms with van der Waals surface area (Å²) in [6, 6.07) is 4.64. The quantitative estimate of drug-likeness (QED) is 0.708. The molecule has 0 aliphatic carbocycles. The molecule has 3 heteroatoms. The smallest absolute Gasteiger partial charge is 0.0624 e. The molecule has 1 atom stereocenters. The molecule has 2 heterocycles. The van der Waals surface area contributed by atoms with E-state index in [1.165, 1.54) is 4.88 Å². The van der Waals surface area contributed by atoms with Crippen molar-refractivity contribution in [2.24, 2.45) is 0 Å². The summed E-state index contributed by atoms with van der Waals surface area (Å²) < 4.78 is 5.34. The van der Waals surface area contributed by atoms with E-state index in [4.69, 9.17) is 4.74 Å². The van der Waals surface area contributed by atoms with Crippen molar-refractivity contribution >= 4 is 11.3 Å². The van der Waals surface area contributed by atoms with Gasteiger partial charge in [-0.3, -0.25) is 4.90 Å². The maximum Gasteiger partial charge on any atom is 0.0624 e. The molecule has 0 N–H and O–H groups in total. The van der Waals surface area contributed by atoms with Crippen LogP contribution in [0.15, 0.2) is 30.2 Å². The highest BCUT2D eigenvalue weighted by Crippen LogP contribution is 2.26. The molecule has 1 aromatic heterocycles. The summed E-state index contributed by atoms with van der Waals surface area (Å²) in [5, 5.41) is 2.12. The van der Waals surface area contributed by atoms with Crippen molar-refractivity contribution < 1.29 is 4.74 Å². The lowest BCUT2D eigenvalue weighted by molar-refractivity contribution is 0.0259. The number of hydrogen-bond acceptors (Lipinski definition) is 3. The van der Waals surface area contributed by atoms with Crippen LogP contribution in [0.2, 0.25) is 0 Å². The third-order valence-corrected chi connectivity index (χ3v) is 3.44. The molecule has 0 radical (unpaired) electrons. The van der Waals surface area contributed by atoms with Gasteiger partial charge >= 0.3 is 0 Å². The zero-order valence-corrected chi connectivity index (χ0v) is 9.00. The zero-order chi connectivity index (χ0) is 9.80. The fourth-order valence-corrected chi connectivity index (χ4v) is 2.62. The molecular weight excluding hydrogens is 194 g/mol. The lowest BCUT2D eigenvalue weighted by Crippen LogP contribution is -2.38. The molecule has 1 fully saturated rings. The standard InChI is InChI=1S/C11H15NOS/c1-2-10(11-4-3-9-14-11)12-5-7-13-8-6-12/h2-4,9-10H,1,5-8H2/t10-/m1/s1. The largest absolute Gasteiger partial charge is 0.379 e. The van der Waals surface area contributed by atoms with Gasteiger partial charge in [0.25, 0.3) is 0 Å². The first-order valence-electron chi connectivity index (χ1n) is 4.89. The Kier molecular flexibility index (Phi) is 3.35. The lowest BCUT2D eigenvalue weighted by Gasteiger charge is -2.32. The van der Waals surface area contributed by atoms with Gasteiger partial charge in [-0.1, -0.05) is 12.1 Å². The summed E-state index contributed by atoms with van der Waals surface area (Å²) >= 11 is 1.80. The van der Waals surface area contributed by atoms with Gasteiger partial charge in [0.05, 0.1) is 19.3 Å². The van der Waals surface area contributed by atoms with Gasteiger partial charge in [0.1, 0.15) is 0 Å². The molecular formula is C11H15NOS. The number of thiophene rings is 1. The Morgan fingerprint density at radius 2 is 2.29 bits per heavy atom. The van der Waals surface area contributed by atoms with Crippen LogP contribution >= 0.6 is 11.3 Å². The van der Waals surface area contributed by atoms with Crippen molar-refractivity contribution in [3.63, 3.8) is 0 Å². The van der Waals surface area contributed by atoms with Crippen LogP contribution in [-0.4, -0.2) is 31.2 Å². The molecule has 76 valence electrons. The first kappa shape index (κ1) is 9.90. The highest BCUT2D eigenvalue weighted by atomic mass is 32.1. The predicted molar refractivity (Wildman–Crippen MR) is 59.6 cm³/mol. The van der Waals surface area contributed by atoms with Crippen LogP contribution < -0.4 is 0 Å². The first-order chi connectivity index (χ1) is 6.92. The van der Waals surface area contributed by atoms with E-state index in [0.29, 0.717) is 6.04 Å². The number of hydrogen-bond donors (Lipinski definition) is 0. The lowest BCUT2D eigenvalue weighted by atomic mass is 10.2. The Morgan fingerprint density at radius 3 is 2.86 bits per heavy atom. The molecule has 1 aliphatic rings. The van der Waals surface area contributed by atoms with Gasteiger partial charge in [-0.15, -0.1) is 17.9 Å².